The Morgan fingerprint density at radius 2 is 1.96 bits per heavy atom. The molecule has 1 fully saturated rings. The van der Waals surface area contributed by atoms with Crippen LogP contribution in [-0.4, -0.2) is 43.7 Å². The van der Waals surface area contributed by atoms with Gasteiger partial charge in [0, 0.05) is 24.5 Å². The lowest BCUT2D eigenvalue weighted by atomic mass is 10.1. The Kier molecular flexibility index (Phi) is 5.80. The number of thiophene rings is 1. The van der Waals surface area contributed by atoms with Crippen LogP contribution < -0.4 is 5.32 Å². The zero-order valence-electron chi connectivity index (χ0n) is 13.1. The summed E-state index contributed by atoms with van der Waals surface area (Å²) in [5.41, 5.74) is 1.05. The van der Waals surface area contributed by atoms with E-state index < -0.39 is 0 Å². The highest BCUT2D eigenvalue weighted by atomic mass is 32.1. The van der Waals surface area contributed by atoms with E-state index in [0.717, 1.165) is 31.9 Å². The lowest BCUT2D eigenvalue weighted by molar-refractivity contribution is -0.120. The fraction of sp³-hybridized carbons (Fsp3) is 0.389. The number of carbonyl (C=O) groups excluding carboxylic acids is 1. The maximum absolute atomic E-state index is 12.2. The second kappa shape index (κ2) is 8.24. The zero-order valence-corrected chi connectivity index (χ0v) is 13.9. The number of hydrogen-bond donors (Lipinski definition) is 1. The van der Waals surface area contributed by atoms with Crippen molar-refractivity contribution in [3.63, 3.8) is 0 Å². The van der Waals surface area contributed by atoms with Gasteiger partial charge in [0.1, 0.15) is 0 Å². The third kappa shape index (κ3) is 4.64. The van der Waals surface area contributed by atoms with Gasteiger partial charge in [-0.1, -0.05) is 36.4 Å². The molecule has 23 heavy (non-hydrogen) atoms. The van der Waals surface area contributed by atoms with Crippen molar-refractivity contribution in [2.45, 2.75) is 12.5 Å². The molecule has 1 saturated heterocycles. The molecule has 0 aliphatic carbocycles. The first-order valence-corrected chi connectivity index (χ1v) is 8.87. The van der Waals surface area contributed by atoms with Crippen LogP contribution in [0.25, 0.3) is 0 Å². The van der Waals surface area contributed by atoms with Crippen LogP contribution in [0.2, 0.25) is 0 Å². The van der Waals surface area contributed by atoms with Crippen LogP contribution in [0.4, 0.5) is 0 Å². The van der Waals surface area contributed by atoms with E-state index >= 15 is 0 Å². The smallest absolute Gasteiger partial charge is 0.224 e. The predicted molar refractivity (Wildman–Crippen MR) is 92.6 cm³/mol. The number of nitrogens with one attached hydrogen (secondary N) is 1. The Hall–Kier alpha value is -1.69. The molecule has 122 valence electrons. The minimum Gasteiger partial charge on any atom is -0.379 e. The van der Waals surface area contributed by atoms with Crippen molar-refractivity contribution in [3.8, 4) is 0 Å². The van der Waals surface area contributed by atoms with Gasteiger partial charge in [0.2, 0.25) is 5.91 Å². The second-order valence-corrected chi connectivity index (χ2v) is 6.63. The van der Waals surface area contributed by atoms with Crippen LogP contribution in [0, 0.1) is 0 Å². The molecule has 2 heterocycles. The van der Waals surface area contributed by atoms with Gasteiger partial charge in [-0.05, 0) is 17.0 Å². The van der Waals surface area contributed by atoms with Crippen LogP contribution >= 0.6 is 11.3 Å². The minimum atomic E-state index is 0.0750. The highest BCUT2D eigenvalue weighted by Crippen LogP contribution is 2.25. The van der Waals surface area contributed by atoms with Crippen molar-refractivity contribution in [1.82, 2.24) is 10.2 Å². The van der Waals surface area contributed by atoms with Gasteiger partial charge in [0.15, 0.2) is 0 Å². The monoisotopic (exact) mass is 330 g/mol. The van der Waals surface area contributed by atoms with E-state index in [2.05, 4.69) is 27.7 Å². The summed E-state index contributed by atoms with van der Waals surface area (Å²) in [6.07, 6.45) is 0.432. The van der Waals surface area contributed by atoms with Crippen molar-refractivity contribution in [1.29, 1.82) is 0 Å². The van der Waals surface area contributed by atoms with Gasteiger partial charge in [-0.3, -0.25) is 9.69 Å². The maximum Gasteiger partial charge on any atom is 0.224 e. The summed E-state index contributed by atoms with van der Waals surface area (Å²) < 4.78 is 5.45. The second-order valence-electron chi connectivity index (χ2n) is 5.65. The number of hydrogen-bond acceptors (Lipinski definition) is 4. The number of morpholine rings is 1. The number of benzene rings is 1. The van der Waals surface area contributed by atoms with Crippen molar-refractivity contribution in [2.75, 3.05) is 32.8 Å². The molecule has 0 unspecified atom stereocenters. The first kappa shape index (κ1) is 16.2. The van der Waals surface area contributed by atoms with E-state index in [0.29, 0.717) is 13.0 Å². The largest absolute Gasteiger partial charge is 0.379 e. The van der Waals surface area contributed by atoms with E-state index in [1.165, 1.54) is 4.88 Å². The summed E-state index contributed by atoms with van der Waals surface area (Å²) in [7, 11) is 0. The van der Waals surface area contributed by atoms with Gasteiger partial charge in [0.25, 0.3) is 0 Å². The molecule has 0 saturated carbocycles. The number of carbonyl (C=O) groups is 1. The van der Waals surface area contributed by atoms with E-state index in [4.69, 9.17) is 4.74 Å². The maximum atomic E-state index is 12.2. The third-order valence-electron chi connectivity index (χ3n) is 4.06. The highest BCUT2D eigenvalue weighted by Gasteiger charge is 2.23. The average Bonchev–Trinajstić information content (AvgIpc) is 3.11. The molecule has 0 spiro atoms. The van der Waals surface area contributed by atoms with Gasteiger partial charge in [0.05, 0.1) is 25.7 Å². The molecule has 0 radical (unpaired) electrons. The molecule has 2 aromatic rings. The standard InChI is InChI=1S/C18H22N2O2S/c21-18(13-15-5-2-1-3-6-15)19-14-16(17-7-4-12-23-17)20-8-10-22-11-9-20/h1-7,12,16H,8-11,13-14H2,(H,19,21)/t16-/m0/s1. The Labute approximate surface area is 141 Å². The average molecular weight is 330 g/mol. The van der Waals surface area contributed by atoms with Crippen LogP contribution in [-0.2, 0) is 16.0 Å². The fourth-order valence-electron chi connectivity index (χ4n) is 2.83. The molecule has 3 rings (SSSR count). The summed E-state index contributed by atoms with van der Waals surface area (Å²) in [6.45, 7) is 4.00. The van der Waals surface area contributed by atoms with Crippen LogP contribution in [0.3, 0.4) is 0 Å². The molecular weight excluding hydrogens is 308 g/mol. The van der Waals surface area contributed by atoms with E-state index in [1.807, 2.05) is 30.3 Å². The molecule has 1 amide bonds. The predicted octanol–water partition coefficient (Wildman–Crippen LogP) is 2.48. The molecule has 5 heteroatoms. The summed E-state index contributed by atoms with van der Waals surface area (Å²) >= 11 is 1.75. The Morgan fingerprint density at radius 3 is 2.65 bits per heavy atom. The van der Waals surface area contributed by atoms with Gasteiger partial charge in [-0.25, -0.2) is 0 Å². The SMILES string of the molecule is O=C(Cc1ccccc1)NC[C@@H](c1cccs1)N1CCOCC1. The topological polar surface area (TPSA) is 41.6 Å². The Balaban J connectivity index is 1.59. The summed E-state index contributed by atoms with van der Waals surface area (Å²) in [4.78, 5) is 15.9. The van der Waals surface area contributed by atoms with Gasteiger partial charge >= 0.3 is 0 Å². The number of rotatable bonds is 6. The Bertz CT molecular complexity index is 595. The summed E-state index contributed by atoms with van der Waals surface area (Å²) in [6, 6.07) is 14.3. The van der Waals surface area contributed by atoms with Crippen molar-refractivity contribution >= 4 is 17.2 Å². The quantitative estimate of drug-likeness (QED) is 0.885. The molecular formula is C18H22N2O2S. The first-order valence-electron chi connectivity index (χ1n) is 7.99. The van der Waals surface area contributed by atoms with Crippen molar-refractivity contribution in [3.05, 3.63) is 58.3 Å². The van der Waals surface area contributed by atoms with E-state index in [1.54, 1.807) is 11.3 Å². The molecule has 0 bridgehead atoms. The normalized spacial score (nSPS) is 16.9. The van der Waals surface area contributed by atoms with E-state index in [-0.39, 0.29) is 11.9 Å². The molecule has 1 aromatic heterocycles. The molecule has 1 atom stereocenters. The van der Waals surface area contributed by atoms with Gasteiger partial charge in [-0.15, -0.1) is 11.3 Å². The number of amides is 1. The summed E-state index contributed by atoms with van der Waals surface area (Å²) in [5.74, 6) is 0.0750. The lowest BCUT2D eigenvalue weighted by Gasteiger charge is -2.34. The van der Waals surface area contributed by atoms with E-state index in [9.17, 15) is 4.79 Å². The van der Waals surface area contributed by atoms with Gasteiger partial charge in [-0.2, -0.15) is 0 Å². The first-order chi connectivity index (χ1) is 11.3. The Morgan fingerprint density at radius 1 is 1.17 bits per heavy atom. The molecule has 1 aromatic carbocycles. The molecule has 1 N–H and O–H groups in total. The zero-order chi connectivity index (χ0) is 15.9. The molecule has 4 nitrogen and oxygen atoms in total. The number of ether oxygens (including phenoxy) is 1. The fourth-order valence-corrected chi connectivity index (χ4v) is 3.69. The van der Waals surface area contributed by atoms with Crippen molar-refractivity contribution < 1.29 is 9.53 Å². The molecule has 1 aliphatic rings. The van der Waals surface area contributed by atoms with Crippen LogP contribution in [0.5, 0.6) is 0 Å². The lowest BCUT2D eigenvalue weighted by Crippen LogP contribution is -2.43. The van der Waals surface area contributed by atoms with Gasteiger partial charge < -0.3 is 10.1 Å². The van der Waals surface area contributed by atoms with Crippen LogP contribution in [0.15, 0.2) is 47.8 Å². The minimum absolute atomic E-state index is 0.0750. The molecule has 1 aliphatic heterocycles. The van der Waals surface area contributed by atoms with Crippen molar-refractivity contribution in [2.24, 2.45) is 0 Å². The third-order valence-corrected chi connectivity index (χ3v) is 5.03. The summed E-state index contributed by atoms with van der Waals surface area (Å²) in [5, 5.41) is 5.19. The van der Waals surface area contributed by atoms with Crippen LogP contribution in [0.1, 0.15) is 16.5 Å². The number of nitrogens with zero attached hydrogens (tertiary/aromatic N) is 1. The highest BCUT2D eigenvalue weighted by molar-refractivity contribution is 7.10.